The van der Waals surface area contributed by atoms with Crippen LogP contribution in [0.4, 0.5) is 4.39 Å². The van der Waals surface area contributed by atoms with Gasteiger partial charge in [0.05, 0.1) is 11.8 Å². The third-order valence-electron chi connectivity index (χ3n) is 2.20. The number of halogens is 1. The van der Waals surface area contributed by atoms with Gasteiger partial charge in [0.15, 0.2) is 5.78 Å². The summed E-state index contributed by atoms with van der Waals surface area (Å²) in [5.41, 5.74) is -0.691. The van der Waals surface area contributed by atoms with Gasteiger partial charge in [-0.1, -0.05) is 5.92 Å². The summed E-state index contributed by atoms with van der Waals surface area (Å²) in [5, 5.41) is 0. The van der Waals surface area contributed by atoms with Gasteiger partial charge >= 0.3 is 0 Å². The molecule has 2 heteroatoms. The fourth-order valence-electron chi connectivity index (χ4n) is 0.972. The first-order valence-corrected chi connectivity index (χ1v) is 3.68. The predicted molar refractivity (Wildman–Crippen MR) is 40.7 cm³/mol. The first kappa shape index (κ1) is 8.26. The van der Waals surface area contributed by atoms with Crippen molar-refractivity contribution in [3.63, 3.8) is 0 Å². The first-order chi connectivity index (χ1) is 5.11. The minimum absolute atomic E-state index is 0.0562. The van der Waals surface area contributed by atoms with Crippen molar-refractivity contribution in [1.29, 1.82) is 0 Å². The van der Waals surface area contributed by atoms with E-state index in [1.807, 2.05) is 0 Å². The topological polar surface area (TPSA) is 17.1 Å². The van der Waals surface area contributed by atoms with Crippen LogP contribution in [-0.4, -0.2) is 12.0 Å². The highest BCUT2D eigenvalue weighted by atomic mass is 19.1. The molecule has 2 atom stereocenters. The van der Waals surface area contributed by atoms with Crippen LogP contribution in [0.3, 0.4) is 0 Å². The molecule has 1 nitrogen and oxygen atoms in total. The number of Topliss-reactive ketones (excluding diaryl/α,β-unsaturated/α-hetero) is 1. The van der Waals surface area contributed by atoms with Gasteiger partial charge in [-0.3, -0.25) is 4.79 Å². The van der Waals surface area contributed by atoms with Gasteiger partial charge in [-0.25, -0.2) is 4.39 Å². The molecule has 1 saturated carbocycles. The van der Waals surface area contributed by atoms with Crippen molar-refractivity contribution in [3.05, 3.63) is 0 Å². The number of rotatable bonds is 2. The number of alkyl halides is 1. The van der Waals surface area contributed by atoms with Gasteiger partial charge < -0.3 is 0 Å². The number of carbonyl (C=O) groups excluding carboxylic acids is 1. The maximum atomic E-state index is 12.6. The fourth-order valence-corrected chi connectivity index (χ4v) is 0.972. The Morgan fingerprint density at radius 2 is 2.36 bits per heavy atom. The summed E-state index contributed by atoms with van der Waals surface area (Å²) in [6, 6.07) is 0. The molecule has 1 fully saturated rings. The third kappa shape index (κ3) is 1.42. The average Bonchev–Trinajstić information content (AvgIpc) is 2.56. The summed E-state index contributed by atoms with van der Waals surface area (Å²) in [4.78, 5) is 11.2. The van der Waals surface area contributed by atoms with Crippen LogP contribution in [-0.2, 0) is 4.79 Å². The van der Waals surface area contributed by atoms with E-state index in [9.17, 15) is 9.18 Å². The molecule has 0 aliphatic heterocycles. The van der Waals surface area contributed by atoms with Crippen LogP contribution in [0.25, 0.3) is 0 Å². The Hall–Kier alpha value is -0.840. The molecule has 0 spiro atoms. The third-order valence-corrected chi connectivity index (χ3v) is 2.20. The van der Waals surface area contributed by atoms with Crippen molar-refractivity contribution in [2.24, 2.45) is 5.41 Å². The number of ketones is 1. The second kappa shape index (κ2) is 2.65. The van der Waals surface area contributed by atoms with Gasteiger partial charge in [0.1, 0.15) is 6.17 Å². The lowest BCUT2D eigenvalue weighted by Crippen LogP contribution is -2.13. The number of hydrogen-bond donors (Lipinski definition) is 0. The van der Waals surface area contributed by atoms with E-state index in [0.29, 0.717) is 6.42 Å². The van der Waals surface area contributed by atoms with Gasteiger partial charge in [-0.05, 0) is 20.3 Å². The lowest BCUT2D eigenvalue weighted by Gasteiger charge is -2.01. The van der Waals surface area contributed by atoms with E-state index in [0.717, 1.165) is 0 Å². The first-order valence-electron chi connectivity index (χ1n) is 3.68. The molecule has 0 amide bonds. The molecule has 2 unspecified atom stereocenters. The fraction of sp³-hybridized carbons (Fsp3) is 0.667. The predicted octanol–water partition coefficient (Wildman–Crippen LogP) is 1.72. The van der Waals surface area contributed by atoms with E-state index in [4.69, 9.17) is 0 Å². The Bertz CT molecular complexity index is 236. The minimum Gasteiger partial charge on any atom is -0.298 e. The number of hydrogen-bond acceptors (Lipinski definition) is 1. The van der Waals surface area contributed by atoms with Gasteiger partial charge in [0, 0.05) is 0 Å². The van der Waals surface area contributed by atoms with Gasteiger partial charge in [0.2, 0.25) is 0 Å². The maximum absolute atomic E-state index is 12.6. The summed E-state index contributed by atoms with van der Waals surface area (Å²) >= 11 is 0. The zero-order valence-electron chi connectivity index (χ0n) is 6.78. The number of carbonyl (C=O) groups is 1. The molecule has 0 bridgehead atoms. The summed E-state index contributed by atoms with van der Waals surface area (Å²) in [6.07, 6.45) is -0.335. The highest BCUT2D eigenvalue weighted by Gasteiger charge is 2.56. The Kier molecular flexibility index (Phi) is 1.99. The second-order valence-electron chi connectivity index (χ2n) is 3.12. The molecule has 0 saturated heterocycles. The Morgan fingerprint density at radius 1 is 1.82 bits per heavy atom. The highest BCUT2D eigenvalue weighted by Crippen LogP contribution is 2.49. The average molecular weight is 154 g/mol. The Morgan fingerprint density at radius 3 is 2.73 bits per heavy atom. The van der Waals surface area contributed by atoms with E-state index >= 15 is 0 Å². The van der Waals surface area contributed by atoms with Crippen molar-refractivity contribution in [1.82, 2.24) is 0 Å². The van der Waals surface area contributed by atoms with Gasteiger partial charge in [-0.15, -0.1) is 5.92 Å². The molecule has 11 heavy (non-hydrogen) atoms. The largest absolute Gasteiger partial charge is 0.298 e. The van der Waals surface area contributed by atoms with Crippen molar-refractivity contribution >= 4 is 5.78 Å². The lowest BCUT2D eigenvalue weighted by atomic mass is 10.0. The van der Waals surface area contributed by atoms with E-state index in [1.165, 1.54) is 0 Å². The zero-order chi connectivity index (χ0) is 8.48. The van der Waals surface area contributed by atoms with E-state index in [-0.39, 0.29) is 12.2 Å². The quantitative estimate of drug-likeness (QED) is 0.553. The SMILES string of the molecule is CC#CCC(=O)C1(C)CC1F. The van der Waals surface area contributed by atoms with E-state index in [1.54, 1.807) is 13.8 Å². The highest BCUT2D eigenvalue weighted by molar-refractivity contribution is 5.89. The van der Waals surface area contributed by atoms with Gasteiger partial charge in [-0.2, -0.15) is 0 Å². The van der Waals surface area contributed by atoms with Crippen LogP contribution < -0.4 is 0 Å². The van der Waals surface area contributed by atoms with Crippen LogP contribution in [0.2, 0.25) is 0 Å². The molecule has 0 heterocycles. The lowest BCUT2D eigenvalue weighted by molar-refractivity contribution is -0.123. The summed E-state index contributed by atoms with van der Waals surface area (Å²) in [6.45, 7) is 3.34. The molecule has 0 radical (unpaired) electrons. The van der Waals surface area contributed by atoms with Crippen molar-refractivity contribution in [2.75, 3.05) is 0 Å². The normalized spacial score (nSPS) is 33.9. The smallest absolute Gasteiger partial charge is 0.153 e. The molecule has 0 aromatic heterocycles. The molecule has 0 aromatic rings. The van der Waals surface area contributed by atoms with E-state index < -0.39 is 11.6 Å². The zero-order valence-corrected chi connectivity index (χ0v) is 6.78. The summed E-state index contributed by atoms with van der Waals surface area (Å²) in [5.74, 6) is 5.21. The molecular weight excluding hydrogens is 143 g/mol. The van der Waals surface area contributed by atoms with Crippen molar-refractivity contribution < 1.29 is 9.18 Å². The van der Waals surface area contributed by atoms with Crippen LogP contribution in [0.1, 0.15) is 26.7 Å². The molecule has 0 N–H and O–H groups in total. The summed E-state index contributed by atoms with van der Waals surface area (Å²) < 4.78 is 12.6. The maximum Gasteiger partial charge on any atom is 0.153 e. The second-order valence-corrected chi connectivity index (χ2v) is 3.12. The van der Waals surface area contributed by atoms with Crippen LogP contribution in [0.15, 0.2) is 0 Å². The van der Waals surface area contributed by atoms with Crippen LogP contribution in [0.5, 0.6) is 0 Å². The van der Waals surface area contributed by atoms with Crippen molar-refractivity contribution in [3.8, 4) is 11.8 Å². The van der Waals surface area contributed by atoms with Crippen LogP contribution in [0, 0.1) is 17.3 Å². The molecule has 0 aromatic carbocycles. The molecule has 1 aliphatic carbocycles. The Balaban J connectivity index is 2.48. The standard InChI is InChI=1S/C9H11FO/c1-3-4-5-8(11)9(2)6-7(9)10/h7H,5-6H2,1-2H3. The molecule has 1 aliphatic rings. The monoisotopic (exact) mass is 154 g/mol. The molecular formula is C9H11FO. The minimum atomic E-state index is -0.923. The van der Waals surface area contributed by atoms with E-state index in [2.05, 4.69) is 11.8 Å². The molecule has 60 valence electrons. The van der Waals surface area contributed by atoms with Crippen molar-refractivity contribution in [2.45, 2.75) is 32.9 Å². The molecule has 1 rings (SSSR count). The van der Waals surface area contributed by atoms with Gasteiger partial charge in [0.25, 0.3) is 0 Å². The Labute approximate surface area is 66.0 Å². The van der Waals surface area contributed by atoms with Crippen LogP contribution >= 0.6 is 0 Å². The summed E-state index contributed by atoms with van der Waals surface area (Å²) in [7, 11) is 0.